The summed E-state index contributed by atoms with van der Waals surface area (Å²) in [5.74, 6) is 0. The normalized spacial score (nSPS) is 9.40. The third-order valence-corrected chi connectivity index (χ3v) is 1.35. The van der Waals surface area contributed by atoms with Crippen LogP contribution in [-0.4, -0.2) is 22.1 Å². The molecule has 1 aromatic heterocycles. The van der Waals surface area contributed by atoms with Gasteiger partial charge in [-0.05, 0) is 0 Å². The SMILES string of the molecule is [B][n+]1ccc(N(C)C)cc1. The van der Waals surface area contributed by atoms with E-state index in [1.54, 1.807) is 0 Å². The van der Waals surface area contributed by atoms with Crippen LogP contribution in [0.1, 0.15) is 0 Å². The van der Waals surface area contributed by atoms with E-state index in [1.807, 2.05) is 43.5 Å². The van der Waals surface area contributed by atoms with Gasteiger partial charge in [0.05, 0.1) is 0 Å². The van der Waals surface area contributed by atoms with Gasteiger partial charge < -0.3 is 4.90 Å². The highest BCUT2D eigenvalue weighted by Gasteiger charge is 1.95. The van der Waals surface area contributed by atoms with Crippen molar-refractivity contribution in [2.75, 3.05) is 19.0 Å². The van der Waals surface area contributed by atoms with Crippen LogP contribution in [0.15, 0.2) is 24.5 Å². The Bertz CT molecular complexity index is 205. The van der Waals surface area contributed by atoms with Crippen LogP contribution in [-0.2, 0) is 0 Å². The van der Waals surface area contributed by atoms with Gasteiger partial charge in [-0.25, -0.2) is 0 Å². The lowest BCUT2D eigenvalue weighted by Gasteiger charge is -2.09. The summed E-state index contributed by atoms with van der Waals surface area (Å²) < 4.78 is 1.52. The van der Waals surface area contributed by atoms with Crippen molar-refractivity contribution in [3.8, 4) is 0 Å². The maximum Gasteiger partial charge on any atom is 0.586 e. The molecule has 0 N–H and O–H groups in total. The first-order chi connectivity index (χ1) is 4.70. The van der Waals surface area contributed by atoms with E-state index in [0.717, 1.165) is 5.69 Å². The minimum absolute atomic E-state index is 1.15. The quantitative estimate of drug-likeness (QED) is 0.488. The van der Waals surface area contributed by atoms with Gasteiger partial charge in [0.1, 0.15) is 12.4 Å². The molecule has 0 unspecified atom stereocenters. The molecule has 1 heterocycles. The van der Waals surface area contributed by atoms with Gasteiger partial charge in [-0.2, -0.15) is 0 Å². The molecule has 1 aromatic rings. The summed E-state index contributed by atoms with van der Waals surface area (Å²) in [4.78, 5) is 2.03. The highest BCUT2D eigenvalue weighted by atomic mass is 15.1. The van der Waals surface area contributed by atoms with Crippen LogP contribution < -0.4 is 9.38 Å². The monoisotopic (exact) mass is 133 g/mol. The molecule has 3 heteroatoms. The first kappa shape index (κ1) is 7.13. The highest BCUT2D eigenvalue weighted by molar-refractivity contribution is 5.94. The zero-order valence-electron chi connectivity index (χ0n) is 6.28. The van der Waals surface area contributed by atoms with Crippen molar-refractivity contribution in [3.05, 3.63) is 24.5 Å². The summed E-state index contributed by atoms with van der Waals surface area (Å²) in [6.07, 6.45) is 3.63. The van der Waals surface area contributed by atoms with Crippen LogP contribution in [0.3, 0.4) is 0 Å². The summed E-state index contributed by atoms with van der Waals surface area (Å²) in [6.45, 7) is 0. The van der Waals surface area contributed by atoms with Gasteiger partial charge in [-0.1, -0.05) is 0 Å². The van der Waals surface area contributed by atoms with Crippen LogP contribution in [0.2, 0.25) is 0 Å². The fraction of sp³-hybridized carbons (Fsp3) is 0.286. The second kappa shape index (κ2) is 2.73. The van der Waals surface area contributed by atoms with Gasteiger partial charge in [0.15, 0.2) is 0 Å². The minimum atomic E-state index is 1.15. The summed E-state index contributed by atoms with van der Waals surface area (Å²) in [5, 5.41) is 0. The number of anilines is 1. The summed E-state index contributed by atoms with van der Waals surface area (Å²) in [5.41, 5.74) is 1.15. The Balaban J connectivity index is 2.89. The molecule has 0 amide bonds. The average molecular weight is 133 g/mol. The van der Waals surface area contributed by atoms with Gasteiger partial charge in [-0.15, -0.1) is 0 Å². The summed E-state index contributed by atoms with van der Waals surface area (Å²) >= 11 is 0. The molecule has 0 atom stereocenters. The lowest BCUT2D eigenvalue weighted by molar-refractivity contribution is -0.521. The van der Waals surface area contributed by atoms with E-state index < -0.39 is 0 Å². The first-order valence-corrected chi connectivity index (χ1v) is 3.14. The molecular formula is C7H10BN2+. The predicted molar refractivity (Wildman–Crippen MR) is 42.1 cm³/mol. The Hall–Kier alpha value is -0.985. The number of hydrogen-bond donors (Lipinski definition) is 0. The molecule has 0 aliphatic heterocycles. The zero-order valence-corrected chi connectivity index (χ0v) is 6.28. The Labute approximate surface area is 62.5 Å². The molecule has 0 aliphatic rings. The number of aromatic nitrogens is 1. The minimum Gasteiger partial charge on any atom is -0.377 e. The Morgan fingerprint density at radius 3 is 2.20 bits per heavy atom. The van der Waals surface area contributed by atoms with E-state index in [9.17, 15) is 0 Å². The fourth-order valence-corrected chi connectivity index (χ4v) is 0.728. The van der Waals surface area contributed by atoms with Gasteiger partial charge >= 0.3 is 7.98 Å². The third-order valence-electron chi connectivity index (χ3n) is 1.35. The second-order valence-corrected chi connectivity index (χ2v) is 2.40. The number of rotatable bonds is 1. The Morgan fingerprint density at radius 2 is 1.80 bits per heavy atom. The van der Waals surface area contributed by atoms with Crippen LogP contribution in [0, 0.1) is 0 Å². The molecule has 0 fully saturated rings. The van der Waals surface area contributed by atoms with Crippen molar-refractivity contribution in [3.63, 3.8) is 0 Å². The van der Waals surface area contributed by atoms with E-state index in [1.165, 1.54) is 4.48 Å². The van der Waals surface area contributed by atoms with E-state index in [4.69, 9.17) is 7.98 Å². The van der Waals surface area contributed by atoms with Crippen molar-refractivity contribution < 1.29 is 4.48 Å². The van der Waals surface area contributed by atoms with Crippen molar-refractivity contribution >= 4 is 13.7 Å². The molecule has 2 nitrogen and oxygen atoms in total. The van der Waals surface area contributed by atoms with Crippen LogP contribution in [0.4, 0.5) is 5.69 Å². The third kappa shape index (κ3) is 1.50. The van der Waals surface area contributed by atoms with Gasteiger partial charge in [-0.3, -0.25) is 4.48 Å². The Morgan fingerprint density at radius 1 is 1.30 bits per heavy atom. The molecule has 2 radical (unpaired) electrons. The molecule has 10 heavy (non-hydrogen) atoms. The maximum atomic E-state index is 5.42. The second-order valence-electron chi connectivity index (χ2n) is 2.40. The van der Waals surface area contributed by atoms with Gasteiger partial charge in [0.2, 0.25) is 0 Å². The molecule has 0 saturated heterocycles. The van der Waals surface area contributed by atoms with Crippen LogP contribution in [0.25, 0.3) is 0 Å². The standard InChI is InChI=1S/C7H10BN2/c1-9(2)7-3-5-10(8)6-4-7/h3-6H,1-2H3/q+1. The van der Waals surface area contributed by atoms with Crippen molar-refractivity contribution in [2.24, 2.45) is 0 Å². The molecule has 0 saturated carbocycles. The molecule has 1 rings (SSSR count). The van der Waals surface area contributed by atoms with Crippen molar-refractivity contribution in [1.29, 1.82) is 0 Å². The fourth-order valence-electron chi connectivity index (χ4n) is 0.728. The molecule has 0 aromatic carbocycles. The molecule has 0 aliphatic carbocycles. The molecule has 0 spiro atoms. The maximum absolute atomic E-state index is 5.42. The van der Waals surface area contributed by atoms with Crippen molar-refractivity contribution in [2.45, 2.75) is 0 Å². The van der Waals surface area contributed by atoms with Crippen LogP contribution >= 0.6 is 0 Å². The van der Waals surface area contributed by atoms with Gasteiger partial charge in [0.25, 0.3) is 0 Å². The summed E-state index contributed by atoms with van der Waals surface area (Å²) in [6, 6.07) is 3.92. The van der Waals surface area contributed by atoms with Gasteiger partial charge in [0, 0.05) is 31.9 Å². The van der Waals surface area contributed by atoms with E-state index in [0.29, 0.717) is 0 Å². The van der Waals surface area contributed by atoms with E-state index in [-0.39, 0.29) is 0 Å². The van der Waals surface area contributed by atoms with Crippen molar-refractivity contribution in [1.82, 2.24) is 0 Å². The van der Waals surface area contributed by atoms with Crippen LogP contribution in [0.5, 0.6) is 0 Å². The van der Waals surface area contributed by atoms with E-state index >= 15 is 0 Å². The first-order valence-electron chi connectivity index (χ1n) is 3.14. The number of pyridine rings is 1. The number of hydrogen-bond acceptors (Lipinski definition) is 1. The topological polar surface area (TPSA) is 7.12 Å². The highest BCUT2D eigenvalue weighted by Crippen LogP contribution is 2.04. The lowest BCUT2D eigenvalue weighted by Crippen LogP contribution is -2.29. The molecule has 0 bridgehead atoms. The zero-order chi connectivity index (χ0) is 7.56. The smallest absolute Gasteiger partial charge is 0.377 e. The molecular weight excluding hydrogens is 123 g/mol. The largest absolute Gasteiger partial charge is 0.586 e. The summed E-state index contributed by atoms with van der Waals surface area (Å²) in [7, 11) is 9.42. The lowest BCUT2D eigenvalue weighted by atomic mass is 10.3. The number of nitrogens with zero attached hydrogens (tertiary/aromatic N) is 2. The predicted octanol–water partition coefficient (Wildman–Crippen LogP) is -0.0283. The van der Waals surface area contributed by atoms with E-state index in [2.05, 4.69) is 0 Å². The average Bonchev–Trinajstić information content (AvgIpc) is 1.88. The Kier molecular flexibility index (Phi) is 1.95. The molecule has 50 valence electrons.